The zero-order chi connectivity index (χ0) is 14.7. The van der Waals surface area contributed by atoms with Crippen molar-refractivity contribution in [1.29, 1.82) is 0 Å². The molecule has 0 saturated carbocycles. The summed E-state index contributed by atoms with van der Waals surface area (Å²) in [5.74, 6) is 0.672. The first kappa shape index (κ1) is 14.0. The van der Waals surface area contributed by atoms with Crippen molar-refractivity contribution in [3.8, 4) is 0 Å². The Morgan fingerprint density at radius 1 is 1.40 bits per heavy atom. The van der Waals surface area contributed by atoms with Crippen LogP contribution in [0.3, 0.4) is 0 Å². The van der Waals surface area contributed by atoms with Crippen LogP contribution >= 0.6 is 0 Å². The van der Waals surface area contributed by atoms with Crippen LogP contribution < -0.4 is 10.7 Å². The van der Waals surface area contributed by atoms with E-state index in [1.165, 1.54) is 6.07 Å². The Kier molecular flexibility index (Phi) is 3.97. The van der Waals surface area contributed by atoms with Gasteiger partial charge in [0.1, 0.15) is 11.8 Å². The molecule has 0 aromatic carbocycles. The van der Waals surface area contributed by atoms with Gasteiger partial charge in [0.25, 0.3) is 5.91 Å². The van der Waals surface area contributed by atoms with Crippen LogP contribution in [0.2, 0.25) is 0 Å². The second-order valence-corrected chi connectivity index (χ2v) is 4.38. The van der Waals surface area contributed by atoms with E-state index in [4.69, 9.17) is 8.94 Å². The summed E-state index contributed by atoms with van der Waals surface area (Å²) in [7, 11) is 0. The van der Waals surface area contributed by atoms with Crippen molar-refractivity contribution in [3.63, 3.8) is 0 Å². The van der Waals surface area contributed by atoms with Gasteiger partial charge in [0.2, 0.25) is 5.89 Å². The molecular weight excluding hydrogens is 262 g/mol. The van der Waals surface area contributed by atoms with Crippen LogP contribution in [-0.2, 0) is 0 Å². The third kappa shape index (κ3) is 3.11. The summed E-state index contributed by atoms with van der Waals surface area (Å²) < 4.78 is 10.3. The fraction of sp³-hybridized carbons (Fsp3) is 0.385. The van der Waals surface area contributed by atoms with Gasteiger partial charge in [-0.05, 0) is 20.3 Å². The Bertz CT molecular complexity index is 674. The van der Waals surface area contributed by atoms with Gasteiger partial charge in [-0.25, -0.2) is 0 Å². The average Bonchev–Trinajstić information content (AvgIpc) is 2.81. The zero-order valence-corrected chi connectivity index (χ0v) is 11.5. The second kappa shape index (κ2) is 5.68. The van der Waals surface area contributed by atoms with Crippen molar-refractivity contribution in [1.82, 2.24) is 15.5 Å². The first-order valence-corrected chi connectivity index (χ1v) is 6.22. The molecule has 20 heavy (non-hydrogen) atoms. The summed E-state index contributed by atoms with van der Waals surface area (Å²) >= 11 is 0. The number of nitrogens with one attached hydrogen (secondary N) is 1. The molecule has 2 rings (SSSR count). The minimum absolute atomic E-state index is 0.0373. The average molecular weight is 277 g/mol. The fourth-order valence-corrected chi connectivity index (χ4v) is 1.74. The van der Waals surface area contributed by atoms with Crippen molar-refractivity contribution in [2.75, 3.05) is 0 Å². The van der Waals surface area contributed by atoms with Gasteiger partial charge in [-0.15, -0.1) is 0 Å². The maximum absolute atomic E-state index is 12.1. The molecule has 0 aliphatic carbocycles. The Morgan fingerprint density at radius 3 is 2.70 bits per heavy atom. The summed E-state index contributed by atoms with van der Waals surface area (Å²) in [6.07, 6.45) is 0.573. The molecule has 0 spiro atoms. The molecule has 1 N–H and O–H groups in total. The van der Waals surface area contributed by atoms with Crippen LogP contribution in [-0.4, -0.2) is 16.0 Å². The molecule has 2 aromatic heterocycles. The summed E-state index contributed by atoms with van der Waals surface area (Å²) in [4.78, 5) is 27.5. The van der Waals surface area contributed by atoms with Crippen molar-refractivity contribution in [2.45, 2.75) is 33.2 Å². The first-order chi connectivity index (χ1) is 9.49. The lowest BCUT2D eigenvalue weighted by atomic mass is 10.2. The summed E-state index contributed by atoms with van der Waals surface area (Å²) in [5, 5.41) is 6.38. The molecule has 0 fully saturated rings. The molecule has 0 radical (unpaired) electrons. The third-order valence-corrected chi connectivity index (χ3v) is 2.67. The van der Waals surface area contributed by atoms with Gasteiger partial charge >= 0.3 is 0 Å². The molecule has 2 aromatic rings. The summed E-state index contributed by atoms with van der Waals surface area (Å²) in [6.45, 7) is 5.18. The van der Waals surface area contributed by atoms with E-state index in [0.29, 0.717) is 23.9 Å². The van der Waals surface area contributed by atoms with Crippen LogP contribution in [0.4, 0.5) is 0 Å². The molecule has 0 unspecified atom stereocenters. The van der Waals surface area contributed by atoms with Gasteiger partial charge in [-0.2, -0.15) is 4.98 Å². The van der Waals surface area contributed by atoms with E-state index < -0.39 is 11.9 Å². The number of rotatable bonds is 4. The quantitative estimate of drug-likeness (QED) is 0.909. The van der Waals surface area contributed by atoms with Gasteiger partial charge < -0.3 is 14.3 Å². The highest BCUT2D eigenvalue weighted by molar-refractivity contribution is 5.91. The van der Waals surface area contributed by atoms with E-state index in [1.807, 2.05) is 6.92 Å². The highest BCUT2D eigenvalue weighted by Crippen LogP contribution is 2.15. The number of carbonyl (C=O) groups excluding carboxylic acids is 1. The minimum Gasteiger partial charge on any atom is -0.456 e. The largest absolute Gasteiger partial charge is 0.456 e. The molecule has 1 atom stereocenters. The molecule has 106 valence electrons. The lowest BCUT2D eigenvalue weighted by Gasteiger charge is -2.12. The van der Waals surface area contributed by atoms with E-state index in [9.17, 15) is 9.59 Å². The topological polar surface area (TPSA) is 98.2 Å². The Labute approximate surface area is 115 Å². The molecule has 0 aliphatic rings. The number of aryl methyl sites for hydroxylation is 2. The van der Waals surface area contributed by atoms with E-state index in [-0.39, 0.29) is 11.2 Å². The van der Waals surface area contributed by atoms with Crippen LogP contribution in [0.25, 0.3) is 0 Å². The van der Waals surface area contributed by atoms with Crippen LogP contribution in [0.15, 0.2) is 25.9 Å². The standard InChI is InChI=1S/C13H15N3O4/c1-4-10(13-14-8(3)16-20-13)15-12(18)11-6-9(17)5-7(2)19-11/h5-6,10H,4H2,1-3H3,(H,15,18)/t10-/m1/s1. The summed E-state index contributed by atoms with van der Waals surface area (Å²) in [5.41, 5.74) is -0.277. The molecule has 1 amide bonds. The van der Waals surface area contributed by atoms with Crippen molar-refractivity contribution in [3.05, 3.63) is 45.6 Å². The monoisotopic (exact) mass is 277 g/mol. The van der Waals surface area contributed by atoms with E-state index >= 15 is 0 Å². The fourth-order valence-electron chi connectivity index (χ4n) is 1.74. The maximum atomic E-state index is 12.1. The van der Waals surface area contributed by atoms with Gasteiger partial charge in [0, 0.05) is 12.1 Å². The molecule has 7 heteroatoms. The van der Waals surface area contributed by atoms with Gasteiger partial charge in [0.15, 0.2) is 17.0 Å². The summed E-state index contributed by atoms with van der Waals surface area (Å²) in [6, 6.07) is 2.04. The molecular formula is C13H15N3O4. The number of aromatic nitrogens is 2. The van der Waals surface area contributed by atoms with Gasteiger partial charge in [-0.3, -0.25) is 9.59 Å². The van der Waals surface area contributed by atoms with Crippen LogP contribution in [0.1, 0.15) is 47.4 Å². The smallest absolute Gasteiger partial charge is 0.287 e. The van der Waals surface area contributed by atoms with Crippen LogP contribution in [0.5, 0.6) is 0 Å². The highest BCUT2D eigenvalue weighted by atomic mass is 16.5. The molecule has 0 aliphatic heterocycles. The molecule has 0 saturated heterocycles. The zero-order valence-electron chi connectivity index (χ0n) is 11.5. The lowest BCUT2D eigenvalue weighted by molar-refractivity contribution is 0.0894. The number of carbonyl (C=O) groups is 1. The van der Waals surface area contributed by atoms with E-state index in [0.717, 1.165) is 6.07 Å². The van der Waals surface area contributed by atoms with Crippen molar-refractivity contribution in [2.24, 2.45) is 0 Å². The SMILES string of the molecule is CC[C@@H](NC(=O)c1cc(=O)cc(C)o1)c1nc(C)no1. The maximum Gasteiger partial charge on any atom is 0.287 e. The van der Waals surface area contributed by atoms with Crippen LogP contribution in [0, 0.1) is 13.8 Å². The normalized spacial score (nSPS) is 12.2. The number of amides is 1. The Morgan fingerprint density at radius 2 is 2.15 bits per heavy atom. The molecule has 2 heterocycles. The van der Waals surface area contributed by atoms with Gasteiger partial charge in [0.05, 0.1) is 0 Å². The second-order valence-electron chi connectivity index (χ2n) is 4.38. The number of nitrogens with zero attached hydrogens (tertiary/aromatic N) is 2. The molecule has 0 bridgehead atoms. The number of hydrogen-bond acceptors (Lipinski definition) is 6. The van der Waals surface area contributed by atoms with E-state index in [2.05, 4.69) is 15.5 Å². The van der Waals surface area contributed by atoms with E-state index in [1.54, 1.807) is 13.8 Å². The Hall–Kier alpha value is -2.44. The van der Waals surface area contributed by atoms with Crippen molar-refractivity contribution >= 4 is 5.91 Å². The van der Waals surface area contributed by atoms with Gasteiger partial charge in [-0.1, -0.05) is 12.1 Å². The van der Waals surface area contributed by atoms with Crippen molar-refractivity contribution < 1.29 is 13.7 Å². The Balaban J connectivity index is 2.19. The number of hydrogen-bond donors (Lipinski definition) is 1. The first-order valence-electron chi connectivity index (χ1n) is 6.22. The third-order valence-electron chi connectivity index (χ3n) is 2.67. The lowest BCUT2D eigenvalue weighted by Crippen LogP contribution is -2.29. The minimum atomic E-state index is -0.492. The predicted octanol–water partition coefficient (Wildman–Crippen LogP) is 1.52. The highest BCUT2D eigenvalue weighted by Gasteiger charge is 2.21. The molecule has 7 nitrogen and oxygen atoms in total. The predicted molar refractivity (Wildman–Crippen MR) is 69.2 cm³/mol.